The maximum absolute atomic E-state index is 13.7. The van der Waals surface area contributed by atoms with E-state index in [-0.39, 0.29) is 11.3 Å². The normalized spacial score (nSPS) is 11.6. The van der Waals surface area contributed by atoms with Crippen LogP contribution in [0.5, 0.6) is 0 Å². The molecule has 0 saturated heterocycles. The van der Waals surface area contributed by atoms with E-state index in [1.165, 1.54) is 16.7 Å². The second-order valence-corrected chi connectivity index (χ2v) is 10.7. The highest BCUT2D eigenvalue weighted by Gasteiger charge is 2.20. The number of hydrogen-bond donors (Lipinski definition) is 0. The van der Waals surface area contributed by atoms with E-state index in [2.05, 4.69) is 88.1 Å². The maximum atomic E-state index is 13.7. The smallest absolute Gasteiger partial charge is 0.254 e. The lowest BCUT2D eigenvalue weighted by atomic mass is 9.86. The van der Waals surface area contributed by atoms with E-state index in [9.17, 15) is 4.79 Å². The van der Waals surface area contributed by atoms with Crippen molar-refractivity contribution in [1.82, 2.24) is 9.88 Å². The summed E-state index contributed by atoms with van der Waals surface area (Å²) in [7, 11) is 0. The Morgan fingerprint density at radius 2 is 1.66 bits per heavy atom. The van der Waals surface area contributed by atoms with Crippen LogP contribution in [0.25, 0.3) is 10.9 Å². The number of pyridine rings is 1. The highest BCUT2D eigenvalue weighted by atomic mass is 35.5. The molecule has 4 rings (SSSR count). The van der Waals surface area contributed by atoms with Gasteiger partial charge in [-0.05, 0) is 65.8 Å². The van der Waals surface area contributed by atoms with E-state index in [4.69, 9.17) is 11.6 Å². The van der Waals surface area contributed by atoms with Gasteiger partial charge < -0.3 is 4.90 Å². The summed E-state index contributed by atoms with van der Waals surface area (Å²) in [5, 5.41) is 1.48. The minimum absolute atomic E-state index is 0.0227. The molecule has 4 aromatic rings. The first-order valence-corrected chi connectivity index (χ1v) is 12.6. The van der Waals surface area contributed by atoms with E-state index in [1.807, 2.05) is 29.2 Å². The SMILES string of the molecule is CCc1ccc2nc(Cl)c(CN(Cc3cccc(C)c3)C(=O)c3ccc(C(C)(C)C)cc3)cc2c1. The molecule has 0 aliphatic heterocycles. The third-order valence-corrected chi connectivity index (χ3v) is 6.74. The first-order chi connectivity index (χ1) is 16.6. The van der Waals surface area contributed by atoms with Gasteiger partial charge in [0.25, 0.3) is 5.91 Å². The van der Waals surface area contributed by atoms with Gasteiger partial charge in [-0.1, -0.05) is 87.3 Å². The van der Waals surface area contributed by atoms with Gasteiger partial charge in [0.2, 0.25) is 0 Å². The van der Waals surface area contributed by atoms with Crippen LogP contribution in [0.2, 0.25) is 5.15 Å². The molecule has 1 amide bonds. The molecule has 1 aromatic heterocycles. The van der Waals surface area contributed by atoms with Crippen molar-refractivity contribution in [3.8, 4) is 0 Å². The zero-order valence-electron chi connectivity index (χ0n) is 21.2. The molecule has 0 spiro atoms. The van der Waals surface area contributed by atoms with Gasteiger partial charge in [0, 0.05) is 29.6 Å². The first kappa shape index (κ1) is 24.9. The fourth-order valence-electron chi connectivity index (χ4n) is 4.31. The minimum atomic E-state index is -0.0227. The van der Waals surface area contributed by atoms with E-state index < -0.39 is 0 Å². The molecule has 0 unspecified atom stereocenters. The number of aromatic nitrogens is 1. The molecular formula is C31H33ClN2O. The van der Waals surface area contributed by atoms with Crippen molar-refractivity contribution >= 4 is 28.4 Å². The molecule has 1 heterocycles. The number of amides is 1. The molecule has 0 saturated carbocycles. The van der Waals surface area contributed by atoms with Crippen molar-refractivity contribution in [2.24, 2.45) is 0 Å². The first-order valence-electron chi connectivity index (χ1n) is 12.2. The lowest BCUT2D eigenvalue weighted by Crippen LogP contribution is -2.30. The number of rotatable bonds is 6. The molecule has 180 valence electrons. The molecule has 4 heteroatoms. The van der Waals surface area contributed by atoms with Crippen molar-refractivity contribution in [3.63, 3.8) is 0 Å². The fraction of sp³-hybridized carbons (Fsp3) is 0.290. The molecule has 0 radical (unpaired) electrons. The van der Waals surface area contributed by atoms with Crippen LogP contribution in [0.1, 0.15) is 65.9 Å². The molecule has 3 aromatic carbocycles. The molecule has 0 aliphatic carbocycles. The molecular weight excluding hydrogens is 452 g/mol. The van der Waals surface area contributed by atoms with Gasteiger partial charge in [-0.25, -0.2) is 4.98 Å². The van der Waals surface area contributed by atoms with Crippen LogP contribution in [-0.2, 0) is 24.9 Å². The average Bonchev–Trinajstić information content (AvgIpc) is 2.83. The van der Waals surface area contributed by atoms with Crippen LogP contribution in [0, 0.1) is 6.92 Å². The number of carbonyl (C=O) groups is 1. The van der Waals surface area contributed by atoms with Gasteiger partial charge in [0.1, 0.15) is 5.15 Å². The minimum Gasteiger partial charge on any atom is -0.330 e. The maximum Gasteiger partial charge on any atom is 0.254 e. The van der Waals surface area contributed by atoms with E-state index in [0.717, 1.165) is 28.5 Å². The zero-order chi connectivity index (χ0) is 25.2. The largest absolute Gasteiger partial charge is 0.330 e. The Hall–Kier alpha value is -3.17. The average molecular weight is 485 g/mol. The molecule has 3 nitrogen and oxygen atoms in total. The number of benzene rings is 3. The number of nitrogens with zero attached hydrogens (tertiary/aromatic N) is 2. The van der Waals surface area contributed by atoms with Crippen LogP contribution >= 0.6 is 11.6 Å². The summed E-state index contributed by atoms with van der Waals surface area (Å²) >= 11 is 6.62. The van der Waals surface area contributed by atoms with Crippen molar-refractivity contribution < 1.29 is 4.79 Å². The third-order valence-electron chi connectivity index (χ3n) is 6.42. The summed E-state index contributed by atoms with van der Waals surface area (Å²) in [6.45, 7) is 11.6. The number of carbonyl (C=O) groups excluding carboxylic acids is 1. The predicted molar refractivity (Wildman–Crippen MR) is 146 cm³/mol. The van der Waals surface area contributed by atoms with Gasteiger partial charge >= 0.3 is 0 Å². The Morgan fingerprint density at radius 3 is 2.31 bits per heavy atom. The standard InChI is InChI=1S/C31H33ClN2O/c1-6-22-10-15-28-25(17-22)18-26(29(32)33-28)20-34(19-23-9-7-8-21(2)16-23)30(35)24-11-13-27(14-12-24)31(3,4)5/h7-18H,6,19-20H2,1-5H3. The second-order valence-electron chi connectivity index (χ2n) is 10.3. The molecule has 0 bridgehead atoms. The van der Waals surface area contributed by atoms with Crippen LogP contribution < -0.4 is 0 Å². The Kier molecular flexibility index (Phi) is 7.28. The number of aryl methyl sites for hydroxylation is 2. The van der Waals surface area contributed by atoms with Gasteiger partial charge in [-0.3, -0.25) is 4.79 Å². The summed E-state index contributed by atoms with van der Waals surface area (Å²) in [5.74, 6) is -0.0227. The van der Waals surface area contributed by atoms with Gasteiger partial charge in [0.05, 0.1) is 5.52 Å². The summed E-state index contributed by atoms with van der Waals surface area (Å²) in [6, 6.07) is 24.6. The van der Waals surface area contributed by atoms with Crippen molar-refractivity contribution in [2.75, 3.05) is 0 Å². The summed E-state index contributed by atoms with van der Waals surface area (Å²) in [6.07, 6.45) is 0.955. The molecule has 0 N–H and O–H groups in total. The van der Waals surface area contributed by atoms with E-state index in [1.54, 1.807) is 0 Å². The second kappa shape index (κ2) is 10.2. The van der Waals surface area contributed by atoms with Crippen LogP contribution in [0.15, 0.2) is 72.8 Å². The Bertz CT molecular complexity index is 1350. The topological polar surface area (TPSA) is 33.2 Å². The van der Waals surface area contributed by atoms with Crippen molar-refractivity contribution in [2.45, 2.75) is 59.5 Å². The number of halogens is 1. The van der Waals surface area contributed by atoms with Crippen molar-refractivity contribution in [3.05, 3.63) is 111 Å². The Balaban J connectivity index is 1.70. The lowest BCUT2D eigenvalue weighted by Gasteiger charge is -2.25. The van der Waals surface area contributed by atoms with Gasteiger partial charge in [0.15, 0.2) is 0 Å². The summed E-state index contributed by atoms with van der Waals surface area (Å²) < 4.78 is 0. The van der Waals surface area contributed by atoms with E-state index in [0.29, 0.717) is 23.8 Å². The molecule has 0 atom stereocenters. The third kappa shape index (κ3) is 5.91. The van der Waals surface area contributed by atoms with Gasteiger partial charge in [-0.15, -0.1) is 0 Å². The van der Waals surface area contributed by atoms with Crippen LogP contribution in [-0.4, -0.2) is 15.8 Å². The molecule has 0 fully saturated rings. The van der Waals surface area contributed by atoms with Crippen LogP contribution in [0.3, 0.4) is 0 Å². The quantitative estimate of drug-likeness (QED) is 0.260. The zero-order valence-corrected chi connectivity index (χ0v) is 22.0. The Labute approximate surface area is 213 Å². The van der Waals surface area contributed by atoms with Crippen LogP contribution in [0.4, 0.5) is 0 Å². The van der Waals surface area contributed by atoms with Gasteiger partial charge in [-0.2, -0.15) is 0 Å². The number of hydrogen-bond acceptors (Lipinski definition) is 2. The summed E-state index contributed by atoms with van der Waals surface area (Å²) in [5.41, 5.74) is 7.12. The molecule has 35 heavy (non-hydrogen) atoms. The monoisotopic (exact) mass is 484 g/mol. The van der Waals surface area contributed by atoms with Crippen molar-refractivity contribution in [1.29, 1.82) is 0 Å². The highest BCUT2D eigenvalue weighted by molar-refractivity contribution is 6.30. The number of fused-ring (bicyclic) bond motifs is 1. The predicted octanol–water partition coefficient (Wildman–Crippen LogP) is 7.90. The lowest BCUT2D eigenvalue weighted by molar-refractivity contribution is 0.0730. The molecule has 0 aliphatic rings. The fourth-order valence-corrected chi connectivity index (χ4v) is 4.51. The Morgan fingerprint density at radius 1 is 0.914 bits per heavy atom. The van der Waals surface area contributed by atoms with E-state index >= 15 is 0 Å². The summed E-state index contributed by atoms with van der Waals surface area (Å²) in [4.78, 5) is 20.2. The highest BCUT2D eigenvalue weighted by Crippen LogP contribution is 2.26.